The van der Waals surface area contributed by atoms with Crippen molar-refractivity contribution in [2.24, 2.45) is 0 Å². The van der Waals surface area contributed by atoms with Crippen molar-refractivity contribution in [2.45, 2.75) is 6.10 Å². The van der Waals surface area contributed by atoms with Gasteiger partial charge in [0, 0.05) is 19.9 Å². The van der Waals surface area contributed by atoms with Crippen molar-refractivity contribution in [2.75, 3.05) is 25.6 Å². The lowest BCUT2D eigenvalue weighted by molar-refractivity contribution is -0.384. The number of methoxy groups -OCH3 is 1. The summed E-state index contributed by atoms with van der Waals surface area (Å²) in [5.41, 5.74) is 0.210. The topological polar surface area (TPSA) is 97.5 Å². The van der Waals surface area contributed by atoms with Crippen LogP contribution in [-0.4, -0.2) is 41.4 Å². The van der Waals surface area contributed by atoms with Crippen molar-refractivity contribution < 1.29 is 14.8 Å². The summed E-state index contributed by atoms with van der Waals surface area (Å²) in [6.45, 7) is 0.352. The molecule has 2 N–H and O–H groups in total. The number of nitrogens with zero attached hydrogens (tertiary/aromatic N) is 2. The number of aromatic nitrogens is 1. The molecule has 0 fully saturated rings. The van der Waals surface area contributed by atoms with E-state index in [0.29, 0.717) is 5.69 Å². The minimum Gasteiger partial charge on any atom is -0.389 e. The van der Waals surface area contributed by atoms with Gasteiger partial charge in [-0.3, -0.25) is 15.1 Å². The van der Waals surface area contributed by atoms with Gasteiger partial charge in [0.15, 0.2) is 0 Å². The molecule has 7 heteroatoms. The van der Waals surface area contributed by atoms with Gasteiger partial charge in [-0.15, -0.1) is 0 Å². The number of nitro groups is 1. The van der Waals surface area contributed by atoms with Crippen LogP contribution in [0.2, 0.25) is 0 Å². The fourth-order valence-electron chi connectivity index (χ4n) is 1.16. The summed E-state index contributed by atoms with van der Waals surface area (Å²) in [6.07, 6.45) is 1.89. The number of rotatable bonds is 6. The highest BCUT2D eigenvalue weighted by molar-refractivity contribution is 5.59. The molecule has 0 radical (unpaired) electrons. The van der Waals surface area contributed by atoms with Gasteiger partial charge in [0.05, 0.1) is 17.6 Å². The van der Waals surface area contributed by atoms with Crippen molar-refractivity contribution in [3.05, 3.63) is 28.6 Å². The highest BCUT2D eigenvalue weighted by atomic mass is 16.6. The summed E-state index contributed by atoms with van der Waals surface area (Å²) >= 11 is 0. The molecular weight excluding hydrogens is 214 g/mol. The number of pyridine rings is 1. The minimum atomic E-state index is -0.710. The van der Waals surface area contributed by atoms with Gasteiger partial charge < -0.3 is 15.2 Å². The summed E-state index contributed by atoms with van der Waals surface area (Å²) in [5.74, 6) is 0. The third kappa shape index (κ3) is 3.44. The largest absolute Gasteiger partial charge is 0.389 e. The van der Waals surface area contributed by atoms with Crippen LogP contribution in [-0.2, 0) is 4.74 Å². The predicted octanol–water partition coefficient (Wildman–Crippen LogP) is 0.409. The molecule has 0 aliphatic carbocycles. The van der Waals surface area contributed by atoms with E-state index in [-0.39, 0.29) is 18.8 Å². The van der Waals surface area contributed by atoms with E-state index in [1.807, 2.05) is 0 Å². The fraction of sp³-hybridized carbons (Fsp3) is 0.444. The number of hydrogen-bond acceptors (Lipinski definition) is 6. The maximum Gasteiger partial charge on any atom is 0.310 e. The molecule has 0 spiro atoms. The Kier molecular flexibility index (Phi) is 4.62. The first kappa shape index (κ1) is 12.3. The Morgan fingerprint density at radius 2 is 2.50 bits per heavy atom. The molecule has 0 amide bonds. The molecule has 1 rings (SSSR count). The van der Waals surface area contributed by atoms with Crippen molar-refractivity contribution in [3.63, 3.8) is 0 Å². The number of nitrogens with one attached hydrogen (secondary N) is 1. The van der Waals surface area contributed by atoms with E-state index in [4.69, 9.17) is 4.74 Å². The highest BCUT2D eigenvalue weighted by Gasteiger charge is 2.13. The van der Waals surface area contributed by atoms with E-state index in [1.165, 1.54) is 19.4 Å². The number of ether oxygens (including phenoxy) is 1. The van der Waals surface area contributed by atoms with Crippen LogP contribution in [0.5, 0.6) is 0 Å². The second kappa shape index (κ2) is 5.99. The summed E-state index contributed by atoms with van der Waals surface area (Å²) in [5, 5.41) is 22.8. The Bertz CT molecular complexity index is 358. The van der Waals surface area contributed by atoms with Gasteiger partial charge in [-0.2, -0.15) is 0 Å². The average Bonchev–Trinajstić information content (AvgIpc) is 2.27. The normalized spacial score (nSPS) is 12.1. The van der Waals surface area contributed by atoms with Gasteiger partial charge in [0.2, 0.25) is 0 Å². The van der Waals surface area contributed by atoms with E-state index < -0.39 is 11.0 Å². The van der Waals surface area contributed by atoms with E-state index in [9.17, 15) is 15.2 Å². The van der Waals surface area contributed by atoms with Crippen LogP contribution >= 0.6 is 0 Å². The van der Waals surface area contributed by atoms with Crippen LogP contribution in [0.15, 0.2) is 18.5 Å². The maximum absolute atomic E-state index is 10.6. The van der Waals surface area contributed by atoms with E-state index in [0.717, 1.165) is 6.20 Å². The molecule has 88 valence electrons. The zero-order valence-corrected chi connectivity index (χ0v) is 8.79. The van der Waals surface area contributed by atoms with Crippen molar-refractivity contribution >= 4 is 11.4 Å². The van der Waals surface area contributed by atoms with Gasteiger partial charge in [-0.1, -0.05) is 0 Å². The Morgan fingerprint density at radius 1 is 1.75 bits per heavy atom. The lowest BCUT2D eigenvalue weighted by atomic mass is 10.3. The summed E-state index contributed by atoms with van der Waals surface area (Å²) in [7, 11) is 1.47. The molecule has 0 aliphatic heterocycles. The Balaban J connectivity index is 2.63. The van der Waals surface area contributed by atoms with E-state index in [2.05, 4.69) is 10.3 Å². The number of aliphatic hydroxyl groups is 1. The van der Waals surface area contributed by atoms with Gasteiger partial charge in [0.25, 0.3) is 0 Å². The minimum absolute atomic E-state index is 0.118. The fourth-order valence-corrected chi connectivity index (χ4v) is 1.16. The molecule has 7 nitrogen and oxygen atoms in total. The number of anilines is 1. The van der Waals surface area contributed by atoms with Crippen LogP contribution < -0.4 is 5.32 Å². The van der Waals surface area contributed by atoms with E-state index in [1.54, 1.807) is 0 Å². The molecular formula is C9H13N3O4. The number of aliphatic hydroxyl groups excluding tert-OH is 1. The average molecular weight is 227 g/mol. The summed E-state index contributed by atoms with van der Waals surface area (Å²) < 4.78 is 4.73. The molecule has 0 saturated carbocycles. The standard InChI is InChI=1S/C9H13N3O4/c1-16-6-7(13)4-11-8-2-3-10-5-9(8)12(14)15/h2-3,5,7,13H,4,6H2,1H3,(H,10,11). The summed E-state index contributed by atoms with van der Waals surface area (Å²) in [4.78, 5) is 13.8. The third-order valence-electron chi connectivity index (χ3n) is 1.88. The van der Waals surface area contributed by atoms with Crippen molar-refractivity contribution in [1.82, 2.24) is 4.98 Å². The van der Waals surface area contributed by atoms with Crippen LogP contribution in [0.4, 0.5) is 11.4 Å². The quantitative estimate of drug-likeness (QED) is 0.539. The van der Waals surface area contributed by atoms with Crippen LogP contribution in [0.25, 0.3) is 0 Å². The Hall–Kier alpha value is -1.73. The molecule has 1 atom stereocenters. The lowest BCUT2D eigenvalue weighted by Crippen LogP contribution is -2.24. The molecule has 1 heterocycles. The molecule has 0 aliphatic rings. The van der Waals surface area contributed by atoms with Gasteiger partial charge in [0.1, 0.15) is 11.9 Å². The predicted molar refractivity (Wildman–Crippen MR) is 57.3 cm³/mol. The van der Waals surface area contributed by atoms with Crippen LogP contribution in [0.3, 0.4) is 0 Å². The SMILES string of the molecule is COCC(O)CNc1ccncc1[N+](=O)[O-]. The molecule has 0 bridgehead atoms. The molecule has 16 heavy (non-hydrogen) atoms. The van der Waals surface area contributed by atoms with Crippen molar-refractivity contribution in [1.29, 1.82) is 0 Å². The molecule has 0 saturated heterocycles. The number of hydrogen-bond donors (Lipinski definition) is 2. The van der Waals surface area contributed by atoms with E-state index >= 15 is 0 Å². The first-order chi connectivity index (χ1) is 7.65. The second-order valence-corrected chi connectivity index (χ2v) is 3.14. The highest BCUT2D eigenvalue weighted by Crippen LogP contribution is 2.21. The first-order valence-corrected chi connectivity index (χ1v) is 4.64. The smallest absolute Gasteiger partial charge is 0.310 e. The van der Waals surface area contributed by atoms with Crippen molar-refractivity contribution in [3.8, 4) is 0 Å². The first-order valence-electron chi connectivity index (χ1n) is 4.64. The molecule has 1 aromatic heterocycles. The Morgan fingerprint density at radius 3 is 3.12 bits per heavy atom. The van der Waals surface area contributed by atoms with Gasteiger partial charge in [-0.25, -0.2) is 0 Å². The van der Waals surface area contributed by atoms with Crippen LogP contribution in [0.1, 0.15) is 0 Å². The van der Waals surface area contributed by atoms with Gasteiger partial charge in [-0.05, 0) is 6.07 Å². The van der Waals surface area contributed by atoms with Gasteiger partial charge >= 0.3 is 5.69 Å². The molecule has 0 aromatic carbocycles. The third-order valence-corrected chi connectivity index (χ3v) is 1.88. The second-order valence-electron chi connectivity index (χ2n) is 3.14. The Labute approximate surface area is 92.2 Å². The van der Waals surface area contributed by atoms with Crippen LogP contribution in [0, 0.1) is 10.1 Å². The molecule has 1 unspecified atom stereocenters. The lowest BCUT2D eigenvalue weighted by Gasteiger charge is -2.11. The maximum atomic E-state index is 10.6. The molecule has 1 aromatic rings. The monoisotopic (exact) mass is 227 g/mol. The zero-order chi connectivity index (χ0) is 12.0. The summed E-state index contributed by atoms with van der Waals surface area (Å²) in [6, 6.07) is 1.48. The zero-order valence-electron chi connectivity index (χ0n) is 8.79.